The van der Waals surface area contributed by atoms with Crippen molar-refractivity contribution in [2.45, 2.75) is 32.5 Å². The number of aliphatic hydroxyl groups is 1. The lowest BCUT2D eigenvalue weighted by Crippen LogP contribution is -2.20. The summed E-state index contributed by atoms with van der Waals surface area (Å²) in [6.45, 7) is 3.94. The lowest BCUT2D eigenvalue weighted by atomic mass is 9.77. The SMILES string of the molecule is CC(C)(c1cc(Cl)c(OCCCl)c(C#N)c1)c1ccc(OCc2ccnc(NS(C)(=O)=O)n2)c(CO)c1. The second-order valence-electron chi connectivity index (χ2n) is 8.62. The third-order valence-corrected chi connectivity index (χ3v) is 6.52. The number of sulfonamides is 1. The number of alkyl halides is 1. The topological polar surface area (TPSA) is 134 Å². The van der Waals surface area contributed by atoms with Gasteiger partial charge in [0.25, 0.3) is 0 Å². The van der Waals surface area contributed by atoms with E-state index in [-0.39, 0.29) is 31.6 Å². The first-order valence-corrected chi connectivity index (χ1v) is 13.9. The van der Waals surface area contributed by atoms with Crippen LogP contribution in [-0.4, -0.2) is 42.2 Å². The van der Waals surface area contributed by atoms with E-state index in [9.17, 15) is 18.8 Å². The van der Waals surface area contributed by atoms with Crippen LogP contribution in [0.15, 0.2) is 42.6 Å². The maximum atomic E-state index is 11.4. The largest absolute Gasteiger partial charge is 0.489 e. The zero-order chi connectivity index (χ0) is 27.2. The highest BCUT2D eigenvalue weighted by atomic mass is 35.5. The van der Waals surface area contributed by atoms with Crippen LogP contribution in [0.1, 0.15) is 41.8 Å². The zero-order valence-electron chi connectivity index (χ0n) is 20.5. The predicted octanol–water partition coefficient (Wildman–Crippen LogP) is 4.39. The second-order valence-corrected chi connectivity index (χ2v) is 11.2. The molecule has 0 radical (unpaired) electrons. The van der Waals surface area contributed by atoms with Crippen molar-refractivity contribution in [3.8, 4) is 17.6 Å². The smallest absolute Gasteiger partial charge is 0.236 e. The quantitative estimate of drug-likeness (QED) is 0.327. The molecule has 0 atom stereocenters. The number of hydrogen-bond acceptors (Lipinski definition) is 8. The van der Waals surface area contributed by atoms with Crippen molar-refractivity contribution in [2.75, 3.05) is 23.5 Å². The summed E-state index contributed by atoms with van der Waals surface area (Å²) in [5.41, 5.74) is 2.36. The van der Waals surface area contributed by atoms with E-state index >= 15 is 0 Å². The van der Waals surface area contributed by atoms with Crippen molar-refractivity contribution in [3.05, 3.63) is 75.6 Å². The van der Waals surface area contributed by atoms with E-state index in [1.807, 2.05) is 26.0 Å². The highest BCUT2D eigenvalue weighted by Crippen LogP contribution is 2.39. The van der Waals surface area contributed by atoms with Crippen LogP contribution in [0.25, 0.3) is 0 Å². The lowest BCUT2D eigenvalue weighted by Gasteiger charge is -2.28. The van der Waals surface area contributed by atoms with Gasteiger partial charge in [0.2, 0.25) is 16.0 Å². The minimum atomic E-state index is -3.51. The highest BCUT2D eigenvalue weighted by molar-refractivity contribution is 7.91. The molecule has 0 aliphatic rings. The number of rotatable bonds is 11. The van der Waals surface area contributed by atoms with Crippen LogP contribution in [0.4, 0.5) is 5.95 Å². The Bertz CT molecular complexity index is 1430. The number of aromatic nitrogens is 2. The molecule has 196 valence electrons. The Kier molecular flexibility index (Phi) is 9.21. The first kappa shape index (κ1) is 28.5. The van der Waals surface area contributed by atoms with Crippen LogP contribution in [0.2, 0.25) is 5.02 Å². The average Bonchev–Trinajstić information content (AvgIpc) is 2.85. The van der Waals surface area contributed by atoms with Crippen LogP contribution in [0.5, 0.6) is 11.5 Å². The van der Waals surface area contributed by atoms with Crippen LogP contribution in [0, 0.1) is 11.3 Å². The van der Waals surface area contributed by atoms with Gasteiger partial charge in [-0.1, -0.05) is 31.5 Å². The standard InChI is InChI=1S/C25H26Cl2N4O5S/c1-25(2,19-10-16(13-28)23(21(27)12-19)35-9-7-26)18-4-5-22(17(11-18)14-32)36-15-20-6-8-29-24(30-20)31-37(3,33)34/h4-6,8,10-12,32H,7,9,14-15H2,1-3H3,(H,29,30,31). The average molecular weight is 565 g/mol. The molecule has 0 unspecified atom stereocenters. The Balaban J connectivity index is 1.86. The Morgan fingerprint density at radius 3 is 2.57 bits per heavy atom. The molecule has 0 saturated carbocycles. The molecule has 3 aromatic rings. The summed E-state index contributed by atoms with van der Waals surface area (Å²) in [4.78, 5) is 8.01. The van der Waals surface area contributed by atoms with Crippen molar-refractivity contribution in [1.29, 1.82) is 5.26 Å². The van der Waals surface area contributed by atoms with E-state index in [4.69, 9.17) is 32.7 Å². The predicted molar refractivity (Wildman–Crippen MR) is 142 cm³/mol. The third-order valence-electron chi connectivity index (χ3n) is 5.53. The number of nitrogens with zero attached hydrogens (tertiary/aromatic N) is 3. The van der Waals surface area contributed by atoms with Gasteiger partial charge < -0.3 is 14.6 Å². The maximum Gasteiger partial charge on any atom is 0.236 e. The van der Waals surface area contributed by atoms with Gasteiger partial charge in [0, 0.05) is 17.2 Å². The number of halogens is 2. The van der Waals surface area contributed by atoms with Crippen molar-refractivity contribution in [1.82, 2.24) is 9.97 Å². The molecule has 37 heavy (non-hydrogen) atoms. The van der Waals surface area contributed by atoms with Gasteiger partial charge in [0.05, 0.1) is 35.0 Å². The molecule has 0 aliphatic carbocycles. The number of nitriles is 1. The summed E-state index contributed by atoms with van der Waals surface area (Å²) in [7, 11) is -3.51. The molecular formula is C25H26Cl2N4O5S. The van der Waals surface area contributed by atoms with Crippen molar-refractivity contribution in [3.63, 3.8) is 0 Å². The summed E-state index contributed by atoms with van der Waals surface area (Å²) in [6, 6.07) is 12.6. The molecular weight excluding hydrogens is 539 g/mol. The van der Waals surface area contributed by atoms with Gasteiger partial charge >= 0.3 is 0 Å². The van der Waals surface area contributed by atoms with Gasteiger partial charge in [-0.05, 0) is 41.5 Å². The fourth-order valence-electron chi connectivity index (χ4n) is 3.57. The third kappa shape index (κ3) is 7.23. The number of anilines is 1. The molecule has 2 N–H and O–H groups in total. The molecule has 9 nitrogen and oxygen atoms in total. The normalized spacial score (nSPS) is 11.6. The molecule has 0 aliphatic heterocycles. The molecule has 2 aromatic carbocycles. The van der Waals surface area contributed by atoms with Crippen LogP contribution < -0.4 is 14.2 Å². The van der Waals surface area contributed by atoms with Crippen LogP contribution in [-0.2, 0) is 28.7 Å². The molecule has 1 aromatic heterocycles. The first-order chi connectivity index (χ1) is 17.5. The molecule has 12 heteroatoms. The van der Waals surface area contributed by atoms with Gasteiger partial charge in [-0.3, -0.25) is 4.72 Å². The zero-order valence-corrected chi connectivity index (χ0v) is 22.8. The van der Waals surface area contributed by atoms with Crippen LogP contribution in [0.3, 0.4) is 0 Å². The lowest BCUT2D eigenvalue weighted by molar-refractivity contribution is 0.257. The molecule has 0 saturated heterocycles. The monoisotopic (exact) mass is 564 g/mol. The summed E-state index contributed by atoms with van der Waals surface area (Å²) in [5.74, 6) is 0.947. The second kappa shape index (κ2) is 12.0. The minimum absolute atomic E-state index is 0.0294. The van der Waals surface area contributed by atoms with E-state index in [1.54, 1.807) is 24.3 Å². The summed E-state index contributed by atoms with van der Waals surface area (Å²) >= 11 is 12.1. The van der Waals surface area contributed by atoms with Gasteiger partial charge in [0.15, 0.2) is 5.75 Å². The molecule has 0 amide bonds. The Labute approximate surface area is 226 Å². The number of benzene rings is 2. The van der Waals surface area contributed by atoms with Crippen molar-refractivity contribution < 1.29 is 23.0 Å². The van der Waals surface area contributed by atoms with E-state index in [0.717, 1.165) is 17.4 Å². The Hall–Kier alpha value is -3.10. The van der Waals surface area contributed by atoms with Crippen LogP contribution >= 0.6 is 23.2 Å². The fraction of sp³-hybridized carbons (Fsp3) is 0.320. The van der Waals surface area contributed by atoms with Gasteiger partial charge in [-0.2, -0.15) is 5.26 Å². The first-order valence-electron chi connectivity index (χ1n) is 11.1. The van der Waals surface area contributed by atoms with Gasteiger partial charge in [-0.15, -0.1) is 11.6 Å². The van der Waals surface area contributed by atoms with Crippen molar-refractivity contribution in [2.24, 2.45) is 0 Å². The van der Waals surface area contributed by atoms with E-state index in [1.165, 1.54) is 6.20 Å². The van der Waals surface area contributed by atoms with Gasteiger partial charge in [-0.25, -0.2) is 18.4 Å². The number of hydrogen-bond donors (Lipinski definition) is 2. The molecule has 3 rings (SSSR count). The van der Waals surface area contributed by atoms with Crippen molar-refractivity contribution >= 4 is 39.2 Å². The molecule has 1 heterocycles. The summed E-state index contributed by atoms with van der Waals surface area (Å²) in [6.07, 6.45) is 2.43. The van der Waals surface area contributed by atoms with E-state index < -0.39 is 15.4 Å². The Morgan fingerprint density at radius 1 is 1.16 bits per heavy atom. The number of nitrogens with one attached hydrogen (secondary N) is 1. The van der Waals surface area contributed by atoms with Gasteiger partial charge in [0.1, 0.15) is 25.0 Å². The number of aliphatic hydroxyl groups excluding tert-OH is 1. The number of ether oxygens (including phenoxy) is 2. The molecule has 0 bridgehead atoms. The highest BCUT2D eigenvalue weighted by Gasteiger charge is 2.27. The van der Waals surface area contributed by atoms with E-state index in [2.05, 4.69) is 20.8 Å². The fourth-order valence-corrected chi connectivity index (χ4v) is 4.35. The molecule has 0 spiro atoms. The maximum absolute atomic E-state index is 11.4. The summed E-state index contributed by atoms with van der Waals surface area (Å²) in [5, 5.41) is 20.0. The van der Waals surface area contributed by atoms with E-state index in [0.29, 0.717) is 33.3 Å². The Morgan fingerprint density at radius 2 is 1.92 bits per heavy atom. The summed E-state index contributed by atoms with van der Waals surface area (Å²) < 4.78 is 36.5. The molecule has 0 fully saturated rings. The minimum Gasteiger partial charge on any atom is -0.489 e.